The molecule has 0 saturated carbocycles. The Balaban J connectivity index is 1.72. The third kappa shape index (κ3) is 3.79. The van der Waals surface area contributed by atoms with Gasteiger partial charge in [-0.05, 0) is 24.3 Å². The van der Waals surface area contributed by atoms with E-state index in [1.54, 1.807) is 11.3 Å². The summed E-state index contributed by atoms with van der Waals surface area (Å²) in [5.74, 6) is -0.647. The molecule has 0 bridgehead atoms. The molecule has 124 valence electrons. The summed E-state index contributed by atoms with van der Waals surface area (Å²) in [6.07, 6.45) is 2.01. The zero-order valence-corrected chi connectivity index (χ0v) is 13.7. The Morgan fingerprint density at radius 3 is 2.57 bits per heavy atom. The van der Waals surface area contributed by atoms with E-state index in [1.807, 2.05) is 22.4 Å². The Morgan fingerprint density at radius 1 is 1.26 bits per heavy atom. The zero-order chi connectivity index (χ0) is 16.2. The number of imide groups is 1. The summed E-state index contributed by atoms with van der Waals surface area (Å²) in [4.78, 5) is 40.3. The molecule has 7 heteroatoms. The van der Waals surface area contributed by atoms with Crippen molar-refractivity contribution in [2.45, 2.75) is 38.3 Å². The number of likely N-dealkylation sites (tertiary alicyclic amines) is 1. The van der Waals surface area contributed by atoms with Crippen molar-refractivity contribution in [3.05, 3.63) is 22.4 Å². The van der Waals surface area contributed by atoms with E-state index in [0.29, 0.717) is 19.8 Å². The maximum Gasteiger partial charge on any atom is 0.243 e. The highest BCUT2D eigenvalue weighted by molar-refractivity contribution is 7.09. The molecule has 0 spiro atoms. The molecule has 3 rings (SSSR count). The van der Waals surface area contributed by atoms with E-state index in [4.69, 9.17) is 4.74 Å². The van der Waals surface area contributed by atoms with Crippen LogP contribution in [0.4, 0.5) is 0 Å². The summed E-state index contributed by atoms with van der Waals surface area (Å²) in [5, 5.41) is 1.98. The van der Waals surface area contributed by atoms with Gasteiger partial charge < -0.3 is 9.64 Å². The van der Waals surface area contributed by atoms with Crippen molar-refractivity contribution in [3.8, 4) is 0 Å². The van der Waals surface area contributed by atoms with Gasteiger partial charge >= 0.3 is 0 Å². The van der Waals surface area contributed by atoms with Crippen LogP contribution in [-0.4, -0.2) is 53.3 Å². The minimum Gasteiger partial charge on any atom is -0.381 e. The lowest BCUT2D eigenvalue weighted by atomic mass is 10.1. The van der Waals surface area contributed by atoms with Gasteiger partial charge in [-0.25, -0.2) is 0 Å². The van der Waals surface area contributed by atoms with E-state index in [-0.39, 0.29) is 43.1 Å². The number of rotatable bonds is 5. The van der Waals surface area contributed by atoms with Crippen LogP contribution >= 0.6 is 11.3 Å². The maximum atomic E-state index is 12.8. The molecule has 2 fully saturated rings. The predicted molar refractivity (Wildman–Crippen MR) is 84.7 cm³/mol. The average Bonchev–Trinajstić information content (AvgIpc) is 3.18. The second-order valence-corrected chi connectivity index (χ2v) is 6.85. The summed E-state index contributed by atoms with van der Waals surface area (Å²) in [6, 6.07) is 4.06. The SMILES string of the molecule is O=C1CCC(=O)N1CC(=O)N(Cc1cccs1)C1CCOCC1. The summed E-state index contributed by atoms with van der Waals surface area (Å²) in [5.41, 5.74) is 0. The highest BCUT2D eigenvalue weighted by Crippen LogP contribution is 2.21. The van der Waals surface area contributed by atoms with Gasteiger partial charge in [0.15, 0.2) is 0 Å². The van der Waals surface area contributed by atoms with Gasteiger partial charge in [-0.15, -0.1) is 11.3 Å². The molecule has 0 radical (unpaired) electrons. The van der Waals surface area contributed by atoms with Gasteiger partial charge in [0.05, 0.1) is 6.54 Å². The quantitative estimate of drug-likeness (QED) is 0.763. The molecule has 0 unspecified atom stereocenters. The van der Waals surface area contributed by atoms with Crippen LogP contribution in [-0.2, 0) is 25.7 Å². The lowest BCUT2D eigenvalue weighted by Crippen LogP contribution is -2.48. The molecule has 3 amide bonds. The van der Waals surface area contributed by atoms with E-state index < -0.39 is 0 Å². The first-order chi connectivity index (χ1) is 11.1. The van der Waals surface area contributed by atoms with Gasteiger partial charge in [0.2, 0.25) is 17.7 Å². The maximum absolute atomic E-state index is 12.8. The summed E-state index contributed by atoms with van der Waals surface area (Å²) >= 11 is 1.60. The Bertz CT molecular complexity index is 565. The van der Waals surface area contributed by atoms with Crippen molar-refractivity contribution in [2.75, 3.05) is 19.8 Å². The first-order valence-corrected chi connectivity index (χ1v) is 8.76. The number of nitrogens with zero attached hydrogens (tertiary/aromatic N) is 2. The lowest BCUT2D eigenvalue weighted by molar-refractivity contribution is -0.147. The summed E-state index contributed by atoms with van der Waals surface area (Å²) < 4.78 is 5.38. The largest absolute Gasteiger partial charge is 0.381 e. The van der Waals surface area contributed by atoms with Crippen molar-refractivity contribution >= 4 is 29.1 Å². The molecule has 23 heavy (non-hydrogen) atoms. The van der Waals surface area contributed by atoms with E-state index in [0.717, 1.165) is 22.6 Å². The van der Waals surface area contributed by atoms with Gasteiger partial charge in [-0.2, -0.15) is 0 Å². The normalized spacial score (nSPS) is 19.4. The van der Waals surface area contributed by atoms with Crippen molar-refractivity contribution in [1.82, 2.24) is 9.80 Å². The number of thiophene rings is 1. The standard InChI is InChI=1S/C16H20N2O4S/c19-14-3-4-15(20)18(14)11-16(21)17(10-13-2-1-9-23-13)12-5-7-22-8-6-12/h1-2,9,12H,3-8,10-11H2. The molecular formula is C16H20N2O4S. The highest BCUT2D eigenvalue weighted by atomic mass is 32.1. The third-order valence-corrected chi connectivity index (χ3v) is 5.17. The molecule has 0 aliphatic carbocycles. The topological polar surface area (TPSA) is 66.9 Å². The second kappa shape index (κ2) is 7.23. The van der Waals surface area contributed by atoms with E-state index in [1.165, 1.54) is 0 Å². The minimum atomic E-state index is -0.244. The van der Waals surface area contributed by atoms with Crippen LogP contribution in [0, 0.1) is 0 Å². The number of carbonyl (C=O) groups excluding carboxylic acids is 3. The van der Waals surface area contributed by atoms with Gasteiger partial charge in [0.1, 0.15) is 6.54 Å². The Labute approximate surface area is 139 Å². The second-order valence-electron chi connectivity index (χ2n) is 5.82. The highest BCUT2D eigenvalue weighted by Gasteiger charge is 2.34. The van der Waals surface area contributed by atoms with Crippen LogP contribution in [0.5, 0.6) is 0 Å². The molecule has 6 nitrogen and oxygen atoms in total. The fraction of sp³-hybridized carbons (Fsp3) is 0.562. The zero-order valence-electron chi connectivity index (χ0n) is 12.9. The Morgan fingerprint density at radius 2 is 1.96 bits per heavy atom. The van der Waals surface area contributed by atoms with Crippen LogP contribution in [0.3, 0.4) is 0 Å². The van der Waals surface area contributed by atoms with E-state index >= 15 is 0 Å². The van der Waals surface area contributed by atoms with Crippen LogP contribution in [0.15, 0.2) is 17.5 Å². The molecule has 0 atom stereocenters. The number of amides is 3. The monoisotopic (exact) mass is 336 g/mol. The predicted octanol–water partition coefficient (Wildman–Crippen LogP) is 1.40. The Kier molecular flexibility index (Phi) is 5.07. The number of hydrogen-bond donors (Lipinski definition) is 0. The number of carbonyl (C=O) groups is 3. The van der Waals surface area contributed by atoms with Crippen LogP contribution in [0.1, 0.15) is 30.6 Å². The molecular weight excluding hydrogens is 316 g/mol. The summed E-state index contributed by atoms with van der Waals surface area (Å²) in [7, 11) is 0. The van der Waals surface area contributed by atoms with Gasteiger partial charge in [-0.3, -0.25) is 19.3 Å². The first kappa shape index (κ1) is 16.1. The van der Waals surface area contributed by atoms with Crippen molar-refractivity contribution in [3.63, 3.8) is 0 Å². The van der Waals surface area contributed by atoms with Gasteiger partial charge in [0, 0.05) is 37.0 Å². The van der Waals surface area contributed by atoms with Crippen LogP contribution in [0.2, 0.25) is 0 Å². The molecule has 2 saturated heterocycles. The smallest absolute Gasteiger partial charge is 0.243 e. The van der Waals surface area contributed by atoms with Gasteiger partial charge in [0.25, 0.3) is 0 Å². The molecule has 1 aromatic rings. The number of hydrogen-bond acceptors (Lipinski definition) is 5. The third-order valence-electron chi connectivity index (χ3n) is 4.31. The molecule has 3 heterocycles. The summed E-state index contributed by atoms with van der Waals surface area (Å²) in [6.45, 7) is 1.67. The lowest BCUT2D eigenvalue weighted by Gasteiger charge is -2.35. The van der Waals surface area contributed by atoms with Crippen LogP contribution < -0.4 is 0 Å². The van der Waals surface area contributed by atoms with Gasteiger partial charge in [-0.1, -0.05) is 6.07 Å². The fourth-order valence-electron chi connectivity index (χ4n) is 3.01. The van der Waals surface area contributed by atoms with Crippen molar-refractivity contribution in [1.29, 1.82) is 0 Å². The molecule has 0 aromatic carbocycles. The average molecular weight is 336 g/mol. The Hall–Kier alpha value is -1.73. The molecule has 2 aliphatic heterocycles. The number of ether oxygens (including phenoxy) is 1. The molecule has 0 N–H and O–H groups in total. The fourth-order valence-corrected chi connectivity index (χ4v) is 3.72. The van der Waals surface area contributed by atoms with E-state index in [9.17, 15) is 14.4 Å². The molecule has 2 aliphatic rings. The van der Waals surface area contributed by atoms with Crippen molar-refractivity contribution < 1.29 is 19.1 Å². The minimum absolute atomic E-state index is 0.103. The van der Waals surface area contributed by atoms with E-state index in [2.05, 4.69) is 0 Å². The van der Waals surface area contributed by atoms with Crippen molar-refractivity contribution in [2.24, 2.45) is 0 Å². The van der Waals surface area contributed by atoms with Crippen LogP contribution in [0.25, 0.3) is 0 Å². The molecule has 1 aromatic heterocycles. The first-order valence-electron chi connectivity index (χ1n) is 7.88.